The van der Waals surface area contributed by atoms with Gasteiger partial charge in [-0.1, -0.05) is 12.2 Å². The Balaban J connectivity index is 1.69. The van der Waals surface area contributed by atoms with Gasteiger partial charge in [-0.25, -0.2) is 0 Å². The largest absolute Gasteiger partial charge is 0.380 e. The van der Waals surface area contributed by atoms with E-state index in [2.05, 4.69) is 35.4 Å². The quantitative estimate of drug-likeness (QED) is 0.742. The molecule has 0 amide bonds. The van der Waals surface area contributed by atoms with E-state index in [1.165, 1.54) is 24.1 Å². The molecule has 15 heavy (non-hydrogen) atoms. The number of pyridine rings is 1. The van der Waals surface area contributed by atoms with Crippen LogP contribution in [-0.4, -0.2) is 11.0 Å². The van der Waals surface area contributed by atoms with Gasteiger partial charge >= 0.3 is 0 Å². The van der Waals surface area contributed by atoms with E-state index in [4.69, 9.17) is 0 Å². The summed E-state index contributed by atoms with van der Waals surface area (Å²) in [5.41, 5.74) is 2.39. The van der Waals surface area contributed by atoms with E-state index >= 15 is 0 Å². The zero-order valence-electron chi connectivity index (χ0n) is 8.98. The molecule has 2 heteroatoms. The molecule has 0 saturated heterocycles. The first-order valence-electron chi connectivity index (χ1n) is 5.68. The fraction of sp³-hybridized carbons (Fsp3) is 0.462. The van der Waals surface area contributed by atoms with E-state index in [-0.39, 0.29) is 0 Å². The number of aromatic nitrogens is 1. The highest BCUT2D eigenvalue weighted by atomic mass is 15.0. The number of nitrogens with zero attached hydrogens (tertiary/aromatic N) is 1. The highest BCUT2D eigenvalue weighted by Crippen LogP contribution is 2.43. The smallest absolute Gasteiger partial charge is 0.0531 e. The topological polar surface area (TPSA) is 24.9 Å². The Hall–Kier alpha value is -1.31. The number of anilines is 1. The second kappa shape index (κ2) is 3.37. The van der Waals surface area contributed by atoms with E-state index in [1.807, 2.05) is 12.4 Å². The van der Waals surface area contributed by atoms with E-state index in [1.54, 1.807) is 0 Å². The first-order valence-corrected chi connectivity index (χ1v) is 5.68. The van der Waals surface area contributed by atoms with Gasteiger partial charge in [0.2, 0.25) is 0 Å². The molecule has 3 unspecified atom stereocenters. The van der Waals surface area contributed by atoms with Crippen LogP contribution in [0.3, 0.4) is 0 Å². The maximum atomic E-state index is 4.20. The number of nitrogens with one attached hydrogen (secondary N) is 1. The summed E-state index contributed by atoms with van der Waals surface area (Å²) in [6.45, 7) is 2.08. The first-order chi connectivity index (χ1) is 7.33. The van der Waals surface area contributed by atoms with Crippen molar-refractivity contribution in [1.82, 2.24) is 4.98 Å². The van der Waals surface area contributed by atoms with Crippen LogP contribution < -0.4 is 5.32 Å². The zero-order valence-corrected chi connectivity index (χ0v) is 8.98. The molecule has 0 aromatic carbocycles. The minimum atomic E-state index is 0.636. The van der Waals surface area contributed by atoms with Crippen LogP contribution in [0.25, 0.3) is 0 Å². The molecule has 1 heterocycles. The van der Waals surface area contributed by atoms with Gasteiger partial charge in [0.15, 0.2) is 0 Å². The van der Waals surface area contributed by atoms with Gasteiger partial charge < -0.3 is 5.32 Å². The monoisotopic (exact) mass is 200 g/mol. The van der Waals surface area contributed by atoms with Crippen LogP contribution in [0, 0.1) is 18.8 Å². The lowest BCUT2D eigenvalue weighted by Gasteiger charge is -2.41. The van der Waals surface area contributed by atoms with Crippen LogP contribution in [0.2, 0.25) is 0 Å². The average Bonchev–Trinajstić information content (AvgIpc) is 2.56. The van der Waals surface area contributed by atoms with E-state index < -0.39 is 0 Å². The second-order valence-corrected chi connectivity index (χ2v) is 4.74. The predicted molar refractivity (Wildman–Crippen MR) is 61.7 cm³/mol. The molecule has 3 rings (SSSR count). The van der Waals surface area contributed by atoms with Gasteiger partial charge in [0, 0.05) is 24.4 Å². The van der Waals surface area contributed by atoms with E-state index in [0.717, 1.165) is 11.8 Å². The van der Waals surface area contributed by atoms with Gasteiger partial charge in [0.05, 0.1) is 5.69 Å². The van der Waals surface area contributed by atoms with Gasteiger partial charge in [-0.15, -0.1) is 0 Å². The van der Waals surface area contributed by atoms with Crippen LogP contribution in [0.15, 0.2) is 30.6 Å². The molecule has 78 valence electrons. The number of allylic oxidation sites excluding steroid dienone is 1. The van der Waals surface area contributed by atoms with Crippen molar-refractivity contribution in [2.75, 3.05) is 5.32 Å². The molecule has 1 aromatic rings. The molecule has 0 spiro atoms. The van der Waals surface area contributed by atoms with Gasteiger partial charge in [-0.05, 0) is 37.3 Å². The van der Waals surface area contributed by atoms with E-state index in [9.17, 15) is 0 Å². The van der Waals surface area contributed by atoms with Crippen molar-refractivity contribution in [3.63, 3.8) is 0 Å². The average molecular weight is 200 g/mol. The Kier molecular flexibility index (Phi) is 2.01. The summed E-state index contributed by atoms with van der Waals surface area (Å²) in [6.07, 6.45) is 11.1. The Morgan fingerprint density at radius 1 is 1.40 bits per heavy atom. The minimum Gasteiger partial charge on any atom is -0.380 e. The van der Waals surface area contributed by atoms with Crippen molar-refractivity contribution >= 4 is 5.69 Å². The Bertz CT molecular complexity index is 397. The lowest BCUT2D eigenvalue weighted by Crippen LogP contribution is -2.43. The molecule has 1 N–H and O–H groups in total. The van der Waals surface area contributed by atoms with Gasteiger partial charge in [0.25, 0.3) is 0 Å². The summed E-state index contributed by atoms with van der Waals surface area (Å²) in [5.74, 6) is 1.69. The summed E-state index contributed by atoms with van der Waals surface area (Å²) >= 11 is 0. The maximum Gasteiger partial charge on any atom is 0.0531 e. The highest BCUT2D eigenvalue weighted by molar-refractivity contribution is 5.45. The number of hydrogen-bond donors (Lipinski definition) is 1. The molecule has 1 saturated carbocycles. The lowest BCUT2D eigenvalue weighted by molar-refractivity contribution is 0.218. The first kappa shape index (κ1) is 8.96. The fourth-order valence-corrected chi connectivity index (χ4v) is 2.73. The van der Waals surface area contributed by atoms with Gasteiger partial charge in [0.1, 0.15) is 0 Å². The maximum absolute atomic E-state index is 4.20. The molecule has 0 aliphatic heterocycles. The molecule has 3 atom stereocenters. The number of fused-ring (bicyclic) bond motifs is 1. The predicted octanol–water partition coefficient (Wildman–Crippen LogP) is 2.77. The van der Waals surface area contributed by atoms with Crippen LogP contribution in [-0.2, 0) is 0 Å². The van der Waals surface area contributed by atoms with Crippen molar-refractivity contribution in [3.05, 3.63) is 36.2 Å². The van der Waals surface area contributed by atoms with Gasteiger partial charge in [-0.3, -0.25) is 4.98 Å². The third-order valence-electron chi connectivity index (χ3n) is 3.59. The number of hydrogen-bond acceptors (Lipinski definition) is 2. The Labute approximate surface area is 90.4 Å². The molecule has 2 aliphatic rings. The SMILES string of the molecule is Cc1cncc(NC2CC3CC=CC32)c1. The Morgan fingerprint density at radius 2 is 2.33 bits per heavy atom. The summed E-state index contributed by atoms with van der Waals surface area (Å²) < 4.78 is 0. The van der Waals surface area contributed by atoms with E-state index in [0.29, 0.717) is 6.04 Å². The summed E-state index contributed by atoms with van der Waals surface area (Å²) in [4.78, 5) is 4.20. The van der Waals surface area contributed by atoms with Gasteiger partial charge in [-0.2, -0.15) is 0 Å². The molecule has 2 aliphatic carbocycles. The molecular formula is C13H16N2. The van der Waals surface area contributed by atoms with Crippen LogP contribution >= 0.6 is 0 Å². The fourth-order valence-electron chi connectivity index (χ4n) is 2.73. The molecule has 0 radical (unpaired) electrons. The highest BCUT2D eigenvalue weighted by Gasteiger charge is 2.40. The summed E-state index contributed by atoms with van der Waals surface area (Å²) in [7, 11) is 0. The number of aryl methyl sites for hydroxylation is 1. The molecular weight excluding hydrogens is 184 g/mol. The zero-order chi connectivity index (χ0) is 10.3. The van der Waals surface area contributed by atoms with Crippen molar-refractivity contribution in [3.8, 4) is 0 Å². The normalized spacial score (nSPS) is 32.2. The molecule has 2 nitrogen and oxygen atoms in total. The molecule has 1 aromatic heterocycles. The number of rotatable bonds is 2. The standard InChI is InChI=1S/C13H16N2/c1-9-5-11(8-14-7-9)15-13-6-10-3-2-4-12(10)13/h2,4-5,7-8,10,12-13,15H,3,6H2,1H3. The van der Waals surface area contributed by atoms with Crippen LogP contribution in [0.1, 0.15) is 18.4 Å². The lowest BCUT2D eigenvalue weighted by atomic mass is 9.71. The third-order valence-corrected chi connectivity index (χ3v) is 3.59. The molecule has 0 bridgehead atoms. The van der Waals surface area contributed by atoms with Crippen molar-refractivity contribution in [2.45, 2.75) is 25.8 Å². The summed E-state index contributed by atoms with van der Waals surface area (Å²) in [6, 6.07) is 2.80. The van der Waals surface area contributed by atoms with Crippen molar-refractivity contribution in [2.24, 2.45) is 11.8 Å². The van der Waals surface area contributed by atoms with Crippen molar-refractivity contribution < 1.29 is 0 Å². The third kappa shape index (κ3) is 1.54. The second-order valence-electron chi connectivity index (χ2n) is 4.74. The minimum absolute atomic E-state index is 0.636. The molecule has 1 fully saturated rings. The van der Waals surface area contributed by atoms with Crippen LogP contribution in [0.5, 0.6) is 0 Å². The Morgan fingerprint density at radius 3 is 3.13 bits per heavy atom. The summed E-state index contributed by atoms with van der Waals surface area (Å²) in [5, 5.41) is 3.58. The van der Waals surface area contributed by atoms with Crippen LogP contribution in [0.4, 0.5) is 5.69 Å². The van der Waals surface area contributed by atoms with Crippen molar-refractivity contribution in [1.29, 1.82) is 0 Å².